The van der Waals surface area contributed by atoms with Gasteiger partial charge in [0.1, 0.15) is 18.2 Å². The molecule has 1 aromatic rings. The summed E-state index contributed by atoms with van der Waals surface area (Å²) in [5.41, 5.74) is 0. The Hall–Kier alpha value is -1.16. The SMILES string of the molecule is Fc1cncc(OC[C@H]2CCN2)c1. The minimum Gasteiger partial charge on any atom is -0.490 e. The van der Waals surface area contributed by atoms with Crippen molar-refractivity contribution in [1.29, 1.82) is 0 Å². The van der Waals surface area contributed by atoms with Crippen LogP contribution in [0.3, 0.4) is 0 Å². The highest BCUT2D eigenvalue weighted by Gasteiger charge is 2.16. The van der Waals surface area contributed by atoms with Crippen molar-refractivity contribution < 1.29 is 9.13 Å². The third kappa shape index (κ3) is 2.15. The first-order chi connectivity index (χ1) is 6.34. The van der Waals surface area contributed by atoms with Gasteiger partial charge in [-0.1, -0.05) is 0 Å². The molecule has 70 valence electrons. The molecule has 0 aliphatic carbocycles. The minimum atomic E-state index is -0.362. The van der Waals surface area contributed by atoms with E-state index in [1.807, 2.05) is 0 Å². The third-order valence-corrected chi connectivity index (χ3v) is 2.06. The lowest BCUT2D eigenvalue weighted by Gasteiger charge is -2.27. The number of nitrogens with one attached hydrogen (secondary N) is 1. The van der Waals surface area contributed by atoms with Crippen molar-refractivity contribution in [2.24, 2.45) is 0 Å². The fourth-order valence-electron chi connectivity index (χ4n) is 1.16. The van der Waals surface area contributed by atoms with E-state index in [-0.39, 0.29) is 5.82 Å². The van der Waals surface area contributed by atoms with Gasteiger partial charge in [-0.05, 0) is 13.0 Å². The number of aromatic nitrogens is 1. The Bertz CT molecular complexity index is 289. The molecule has 2 heterocycles. The lowest BCUT2D eigenvalue weighted by Crippen LogP contribution is -2.46. The van der Waals surface area contributed by atoms with Crippen LogP contribution in [0.2, 0.25) is 0 Å². The molecule has 4 heteroatoms. The number of hydrogen-bond acceptors (Lipinski definition) is 3. The van der Waals surface area contributed by atoms with E-state index in [0.717, 1.165) is 19.2 Å². The summed E-state index contributed by atoms with van der Waals surface area (Å²) >= 11 is 0. The fourth-order valence-corrected chi connectivity index (χ4v) is 1.16. The van der Waals surface area contributed by atoms with E-state index in [1.54, 1.807) is 0 Å². The average Bonchev–Trinajstić information content (AvgIpc) is 2.01. The molecule has 0 amide bonds. The number of rotatable bonds is 3. The Balaban J connectivity index is 1.86. The van der Waals surface area contributed by atoms with E-state index in [4.69, 9.17) is 4.74 Å². The van der Waals surface area contributed by atoms with E-state index in [0.29, 0.717) is 18.4 Å². The van der Waals surface area contributed by atoms with Gasteiger partial charge in [-0.25, -0.2) is 4.39 Å². The summed E-state index contributed by atoms with van der Waals surface area (Å²) in [7, 11) is 0. The molecule has 13 heavy (non-hydrogen) atoms. The summed E-state index contributed by atoms with van der Waals surface area (Å²) in [4.78, 5) is 3.69. The Morgan fingerprint density at radius 3 is 3.08 bits per heavy atom. The second-order valence-electron chi connectivity index (χ2n) is 3.09. The van der Waals surface area contributed by atoms with Crippen molar-refractivity contribution in [3.05, 3.63) is 24.3 Å². The van der Waals surface area contributed by atoms with Crippen LogP contribution in [-0.4, -0.2) is 24.2 Å². The minimum absolute atomic E-state index is 0.362. The molecule has 1 N–H and O–H groups in total. The van der Waals surface area contributed by atoms with Gasteiger partial charge in [0.05, 0.1) is 12.4 Å². The highest BCUT2D eigenvalue weighted by molar-refractivity contribution is 5.16. The van der Waals surface area contributed by atoms with Crippen LogP contribution in [0.15, 0.2) is 18.5 Å². The zero-order valence-electron chi connectivity index (χ0n) is 7.16. The van der Waals surface area contributed by atoms with Crippen LogP contribution in [0.1, 0.15) is 6.42 Å². The molecule has 1 atom stereocenters. The van der Waals surface area contributed by atoms with Crippen LogP contribution >= 0.6 is 0 Å². The number of halogens is 1. The molecule has 2 rings (SSSR count). The van der Waals surface area contributed by atoms with E-state index in [1.165, 1.54) is 12.3 Å². The monoisotopic (exact) mass is 182 g/mol. The molecule has 0 bridgehead atoms. The highest BCUT2D eigenvalue weighted by Crippen LogP contribution is 2.11. The summed E-state index contributed by atoms with van der Waals surface area (Å²) in [5.74, 6) is 0.132. The standard InChI is InChI=1S/C9H11FN2O/c10-7-3-9(5-11-4-7)13-6-8-1-2-12-8/h3-5,8,12H,1-2,6H2/t8-/m1/s1. The van der Waals surface area contributed by atoms with Gasteiger partial charge in [0.15, 0.2) is 0 Å². The maximum atomic E-state index is 12.6. The van der Waals surface area contributed by atoms with Crippen LogP contribution < -0.4 is 10.1 Å². The normalized spacial score (nSPS) is 20.8. The third-order valence-electron chi connectivity index (χ3n) is 2.06. The summed E-state index contributed by atoms with van der Waals surface area (Å²) in [6, 6.07) is 1.76. The molecule has 1 aliphatic heterocycles. The summed E-state index contributed by atoms with van der Waals surface area (Å²) in [5, 5.41) is 3.19. The Labute approximate surface area is 75.9 Å². The van der Waals surface area contributed by atoms with Crippen LogP contribution in [0.25, 0.3) is 0 Å². The van der Waals surface area contributed by atoms with Crippen LogP contribution in [0, 0.1) is 5.82 Å². The molecule has 1 fully saturated rings. The van der Waals surface area contributed by atoms with Gasteiger partial charge < -0.3 is 10.1 Å². The first kappa shape index (κ1) is 8.44. The van der Waals surface area contributed by atoms with Crippen LogP contribution in [-0.2, 0) is 0 Å². The second-order valence-corrected chi connectivity index (χ2v) is 3.09. The van der Waals surface area contributed by atoms with Crippen molar-refractivity contribution >= 4 is 0 Å². The number of ether oxygens (including phenoxy) is 1. The zero-order chi connectivity index (χ0) is 9.10. The molecule has 0 unspecified atom stereocenters. The van der Waals surface area contributed by atoms with Gasteiger partial charge in [-0.15, -0.1) is 0 Å². The van der Waals surface area contributed by atoms with E-state index >= 15 is 0 Å². The predicted molar refractivity (Wildman–Crippen MR) is 46.1 cm³/mol. The van der Waals surface area contributed by atoms with Gasteiger partial charge in [-0.2, -0.15) is 0 Å². The van der Waals surface area contributed by atoms with Gasteiger partial charge in [0.2, 0.25) is 0 Å². The number of nitrogens with zero attached hydrogens (tertiary/aromatic N) is 1. The van der Waals surface area contributed by atoms with Crippen molar-refractivity contribution in [1.82, 2.24) is 10.3 Å². The smallest absolute Gasteiger partial charge is 0.145 e. The maximum Gasteiger partial charge on any atom is 0.145 e. The van der Waals surface area contributed by atoms with Crippen LogP contribution in [0.4, 0.5) is 4.39 Å². The summed E-state index contributed by atoms with van der Waals surface area (Å²) in [6.07, 6.45) is 3.80. The fraction of sp³-hybridized carbons (Fsp3) is 0.444. The van der Waals surface area contributed by atoms with Crippen molar-refractivity contribution in [2.45, 2.75) is 12.5 Å². The molecule has 0 saturated carbocycles. The quantitative estimate of drug-likeness (QED) is 0.756. The number of pyridine rings is 1. The first-order valence-corrected chi connectivity index (χ1v) is 4.31. The molecular formula is C9H11FN2O. The van der Waals surface area contributed by atoms with Gasteiger partial charge in [0, 0.05) is 12.1 Å². The van der Waals surface area contributed by atoms with Crippen LogP contribution in [0.5, 0.6) is 5.75 Å². The van der Waals surface area contributed by atoms with Crippen molar-refractivity contribution in [2.75, 3.05) is 13.2 Å². The summed E-state index contributed by atoms with van der Waals surface area (Å²) in [6.45, 7) is 1.64. The van der Waals surface area contributed by atoms with Crippen molar-refractivity contribution in [3.8, 4) is 5.75 Å². The number of hydrogen-bond donors (Lipinski definition) is 1. The molecule has 0 radical (unpaired) electrons. The molecule has 1 aliphatic rings. The molecular weight excluding hydrogens is 171 g/mol. The Morgan fingerprint density at radius 2 is 2.46 bits per heavy atom. The summed E-state index contributed by atoms with van der Waals surface area (Å²) < 4.78 is 18.0. The first-order valence-electron chi connectivity index (χ1n) is 4.31. The van der Waals surface area contributed by atoms with Crippen molar-refractivity contribution in [3.63, 3.8) is 0 Å². The van der Waals surface area contributed by atoms with E-state index in [9.17, 15) is 4.39 Å². The molecule has 0 spiro atoms. The van der Waals surface area contributed by atoms with Gasteiger partial charge in [-0.3, -0.25) is 4.98 Å². The van der Waals surface area contributed by atoms with Gasteiger partial charge in [0.25, 0.3) is 0 Å². The molecule has 0 aromatic carbocycles. The maximum absolute atomic E-state index is 12.6. The highest BCUT2D eigenvalue weighted by atomic mass is 19.1. The average molecular weight is 182 g/mol. The lowest BCUT2D eigenvalue weighted by atomic mass is 10.1. The Morgan fingerprint density at radius 1 is 1.62 bits per heavy atom. The Kier molecular flexibility index (Phi) is 2.40. The topological polar surface area (TPSA) is 34.1 Å². The predicted octanol–water partition coefficient (Wildman–Crippen LogP) is 0.961. The van der Waals surface area contributed by atoms with Gasteiger partial charge >= 0.3 is 0 Å². The van der Waals surface area contributed by atoms with E-state index < -0.39 is 0 Å². The lowest BCUT2D eigenvalue weighted by molar-refractivity contribution is 0.216. The molecule has 3 nitrogen and oxygen atoms in total. The van der Waals surface area contributed by atoms with E-state index in [2.05, 4.69) is 10.3 Å². The molecule has 1 saturated heterocycles. The second kappa shape index (κ2) is 3.70. The zero-order valence-corrected chi connectivity index (χ0v) is 7.16. The largest absolute Gasteiger partial charge is 0.490 e. The molecule has 1 aromatic heterocycles.